The summed E-state index contributed by atoms with van der Waals surface area (Å²) in [5.41, 5.74) is 0. The molecule has 0 amide bonds. The van der Waals surface area contributed by atoms with Crippen LogP contribution in [0.15, 0.2) is 0 Å². The summed E-state index contributed by atoms with van der Waals surface area (Å²) in [7, 11) is 0. The predicted molar refractivity (Wildman–Crippen MR) is 33.8 cm³/mol. The number of carbonyl (C=O) groups is 1. The van der Waals surface area contributed by atoms with Gasteiger partial charge in [0.2, 0.25) is 4.33 Å². The van der Waals surface area contributed by atoms with Gasteiger partial charge in [-0.25, -0.2) is 4.79 Å². The first-order valence-electron chi connectivity index (χ1n) is 2.23. The normalized spacial score (nSPS) is 11.4. The van der Waals surface area contributed by atoms with E-state index >= 15 is 0 Å². The molecular formula is C4H6Cl2O3. The number of hydrogen-bond donors (Lipinski definition) is 2. The molecule has 0 aliphatic rings. The van der Waals surface area contributed by atoms with Crippen molar-refractivity contribution in [3.8, 4) is 0 Å². The van der Waals surface area contributed by atoms with Gasteiger partial charge in [-0.3, -0.25) is 0 Å². The second-order valence-corrected chi connectivity index (χ2v) is 2.97. The van der Waals surface area contributed by atoms with Gasteiger partial charge in [-0.2, -0.15) is 0 Å². The number of aliphatic hydroxyl groups excluding tert-OH is 1. The van der Waals surface area contributed by atoms with Gasteiger partial charge in [-0.15, -0.1) is 0 Å². The van der Waals surface area contributed by atoms with Gasteiger partial charge in [0.15, 0.2) is 0 Å². The van der Waals surface area contributed by atoms with Gasteiger partial charge in [0.1, 0.15) is 0 Å². The second kappa shape index (κ2) is 3.25. The van der Waals surface area contributed by atoms with Gasteiger partial charge in [0, 0.05) is 13.0 Å². The third-order valence-corrected chi connectivity index (χ3v) is 1.44. The van der Waals surface area contributed by atoms with Crippen molar-refractivity contribution in [2.24, 2.45) is 0 Å². The molecule has 0 aliphatic carbocycles. The number of halogens is 2. The van der Waals surface area contributed by atoms with Crippen LogP contribution in [0.1, 0.15) is 6.42 Å². The highest BCUT2D eigenvalue weighted by Gasteiger charge is 2.32. The average molecular weight is 173 g/mol. The first-order chi connectivity index (χ1) is 4.00. The molecule has 0 unspecified atom stereocenters. The third kappa shape index (κ3) is 2.89. The van der Waals surface area contributed by atoms with Gasteiger partial charge in [0.25, 0.3) is 0 Å². The molecule has 2 N–H and O–H groups in total. The number of carboxylic acid groups (broad SMARTS) is 1. The molecule has 0 rings (SSSR count). The number of aliphatic hydroxyl groups is 1. The lowest BCUT2D eigenvalue weighted by Gasteiger charge is -2.10. The molecule has 0 heterocycles. The van der Waals surface area contributed by atoms with Crippen molar-refractivity contribution in [3.63, 3.8) is 0 Å². The minimum atomic E-state index is -1.84. The molecule has 0 saturated carbocycles. The summed E-state index contributed by atoms with van der Waals surface area (Å²) < 4.78 is -1.84. The van der Waals surface area contributed by atoms with Crippen LogP contribution in [0.5, 0.6) is 0 Å². The zero-order chi connectivity index (χ0) is 7.49. The molecule has 0 aromatic heterocycles. The highest BCUT2D eigenvalue weighted by Crippen LogP contribution is 2.24. The minimum Gasteiger partial charge on any atom is -0.479 e. The van der Waals surface area contributed by atoms with Crippen molar-refractivity contribution in [3.05, 3.63) is 0 Å². The number of hydrogen-bond acceptors (Lipinski definition) is 2. The summed E-state index contributed by atoms with van der Waals surface area (Å²) in [6, 6.07) is 0. The van der Waals surface area contributed by atoms with E-state index in [1.807, 2.05) is 0 Å². The molecule has 0 spiro atoms. The fraction of sp³-hybridized carbons (Fsp3) is 0.750. The average Bonchev–Trinajstić information content (AvgIpc) is 1.65. The standard InChI is InChI=1S/C4H6Cl2O3/c5-4(6,1-2-7)3(8)9/h7H,1-2H2,(H,8,9). The Morgan fingerprint density at radius 3 is 2.11 bits per heavy atom. The number of alkyl halides is 2. The Bertz CT molecular complexity index is 112. The van der Waals surface area contributed by atoms with Gasteiger partial charge in [-0.1, -0.05) is 23.2 Å². The number of aliphatic carboxylic acids is 1. The van der Waals surface area contributed by atoms with Crippen LogP contribution in [-0.4, -0.2) is 27.1 Å². The van der Waals surface area contributed by atoms with Crippen LogP contribution in [0.3, 0.4) is 0 Å². The molecule has 5 heteroatoms. The molecule has 9 heavy (non-hydrogen) atoms. The van der Waals surface area contributed by atoms with E-state index in [9.17, 15) is 4.79 Å². The summed E-state index contributed by atoms with van der Waals surface area (Å²) in [6.45, 7) is -0.334. The largest absolute Gasteiger partial charge is 0.479 e. The highest BCUT2D eigenvalue weighted by molar-refractivity contribution is 6.57. The quantitative estimate of drug-likeness (QED) is 0.615. The molecule has 0 fully saturated rings. The van der Waals surface area contributed by atoms with Crippen molar-refractivity contribution >= 4 is 29.2 Å². The first-order valence-corrected chi connectivity index (χ1v) is 2.98. The van der Waals surface area contributed by atoms with E-state index in [-0.39, 0.29) is 13.0 Å². The monoisotopic (exact) mass is 172 g/mol. The van der Waals surface area contributed by atoms with E-state index in [0.717, 1.165) is 0 Å². The molecule has 3 nitrogen and oxygen atoms in total. The fourth-order valence-corrected chi connectivity index (χ4v) is 0.416. The third-order valence-electron chi connectivity index (χ3n) is 0.739. The van der Waals surface area contributed by atoms with Crippen LogP contribution in [0.4, 0.5) is 0 Å². The van der Waals surface area contributed by atoms with Crippen LogP contribution in [0.25, 0.3) is 0 Å². The molecular weight excluding hydrogens is 167 g/mol. The lowest BCUT2D eigenvalue weighted by Crippen LogP contribution is -2.26. The maximum Gasteiger partial charge on any atom is 0.340 e. The summed E-state index contributed by atoms with van der Waals surface area (Å²) in [5.74, 6) is -1.33. The maximum atomic E-state index is 10.0. The summed E-state index contributed by atoms with van der Waals surface area (Å²) in [4.78, 5) is 10.0. The van der Waals surface area contributed by atoms with Crippen molar-refractivity contribution in [1.29, 1.82) is 0 Å². The summed E-state index contributed by atoms with van der Waals surface area (Å²) in [6.07, 6.45) is -0.161. The van der Waals surface area contributed by atoms with Gasteiger partial charge < -0.3 is 10.2 Å². The van der Waals surface area contributed by atoms with Crippen LogP contribution >= 0.6 is 23.2 Å². The Labute approximate surface area is 62.2 Å². The molecule has 0 bridgehead atoms. The topological polar surface area (TPSA) is 57.5 Å². The zero-order valence-electron chi connectivity index (χ0n) is 4.47. The summed E-state index contributed by atoms with van der Waals surface area (Å²) in [5, 5.41) is 16.4. The van der Waals surface area contributed by atoms with Gasteiger partial charge in [0.05, 0.1) is 0 Å². The van der Waals surface area contributed by atoms with Crippen LogP contribution < -0.4 is 0 Å². The van der Waals surface area contributed by atoms with E-state index in [1.165, 1.54) is 0 Å². The van der Waals surface area contributed by atoms with Crippen LogP contribution in [0, 0.1) is 0 Å². The number of carboxylic acids is 1. The molecule has 0 saturated heterocycles. The lowest BCUT2D eigenvalue weighted by atomic mass is 10.3. The van der Waals surface area contributed by atoms with Gasteiger partial charge >= 0.3 is 5.97 Å². The fourth-order valence-electron chi connectivity index (χ4n) is 0.247. The van der Waals surface area contributed by atoms with Crippen molar-refractivity contribution in [1.82, 2.24) is 0 Å². The van der Waals surface area contributed by atoms with Crippen molar-refractivity contribution in [2.75, 3.05) is 6.61 Å². The molecule has 54 valence electrons. The Kier molecular flexibility index (Phi) is 3.25. The Morgan fingerprint density at radius 1 is 1.56 bits per heavy atom. The first kappa shape index (κ1) is 9.01. The van der Waals surface area contributed by atoms with Crippen molar-refractivity contribution in [2.45, 2.75) is 10.8 Å². The van der Waals surface area contributed by atoms with E-state index in [1.54, 1.807) is 0 Å². The maximum absolute atomic E-state index is 10.0. The Morgan fingerprint density at radius 2 is 2.00 bits per heavy atom. The number of rotatable bonds is 3. The van der Waals surface area contributed by atoms with Crippen LogP contribution in [-0.2, 0) is 4.79 Å². The summed E-state index contributed by atoms with van der Waals surface area (Å²) >= 11 is 10.4. The van der Waals surface area contributed by atoms with Gasteiger partial charge in [-0.05, 0) is 0 Å². The van der Waals surface area contributed by atoms with E-state index in [4.69, 9.17) is 33.4 Å². The highest BCUT2D eigenvalue weighted by atomic mass is 35.5. The molecule has 0 aliphatic heterocycles. The smallest absolute Gasteiger partial charge is 0.340 e. The van der Waals surface area contributed by atoms with E-state index < -0.39 is 10.3 Å². The molecule has 0 atom stereocenters. The Hall–Kier alpha value is 0.01000. The molecule has 0 aromatic rings. The predicted octanol–water partition coefficient (Wildman–Crippen LogP) is 0.627. The molecule has 0 radical (unpaired) electrons. The lowest BCUT2D eigenvalue weighted by molar-refractivity contribution is -0.138. The van der Waals surface area contributed by atoms with E-state index in [2.05, 4.69) is 0 Å². The zero-order valence-corrected chi connectivity index (χ0v) is 5.98. The minimum absolute atomic E-state index is 0.161. The van der Waals surface area contributed by atoms with Crippen LogP contribution in [0.2, 0.25) is 0 Å². The SMILES string of the molecule is O=C(O)C(Cl)(Cl)CCO. The second-order valence-electron chi connectivity index (χ2n) is 1.48. The van der Waals surface area contributed by atoms with E-state index in [0.29, 0.717) is 0 Å². The Balaban J connectivity index is 3.85. The van der Waals surface area contributed by atoms with Crippen molar-refractivity contribution < 1.29 is 15.0 Å². The molecule has 0 aromatic carbocycles.